The van der Waals surface area contributed by atoms with E-state index in [9.17, 15) is 14.4 Å². The maximum atomic E-state index is 11.8. The van der Waals surface area contributed by atoms with Gasteiger partial charge < -0.3 is 25.0 Å². The largest absolute Gasteiger partial charge is 0.467 e. The number of rotatable bonds is 6. The summed E-state index contributed by atoms with van der Waals surface area (Å²) < 4.78 is 9.72. The molecule has 8 nitrogen and oxygen atoms in total. The number of hydrogen-bond acceptors (Lipinski definition) is 5. The predicted molar refractivity (Wildman–Crippen MR) is 80.5 cm³/mol. The minimum atomic E-state index is -0.980. The number of benzene rings is 1. The van der Waals surface area contributed by atoms with Gasteiger partial charge in [0.15, 0.2) is 0 Å². The molecule has 1 heterocycles. The van der Waals surface area contributed by atoms with Crippen LogP contribution in [0.3, 0.4) is 0 Å². The molecule has 0 aliphatic carbocycles. The van der Waals surface area contributed by atoms with Crippen LogP contribution in [-0.2, 0) is 20.9 Å². The summed E-state index contributed by atoms with van der Waals surface area (Å²) in [5.41, 5.74) is 0.830. The van der Waals surface area contributed by atoms with Crippen LogP contribution in [0.4, 0.5) is 9.59 Å². The molecule has 1 aliphatic heterocycles. The van der Waals surface area contributed by atoms with Crippen molar-refractivity contribution in [1.29, 1.82) is 0 Å². The number of nitrogens with one attached hydrogen (secondary N) is 2. The van der Waals surface area contributed by atoms with E-state index >= 15 is 0 Å². The fourth-order valence-electron chi connectivity index (χ4n) is 2.13. The van der Waals surface area contributed by atoms with E-state index in [0.29, 0.717) is 13.1 Å². The Labute approximate surface area is 133 Å². The van der Waals surface area contributed by atoms with Crippen LogP contribution < -0.4 is 10.6 Å². The number of alkyl carbamates (subject to hydrolysis) is 1. The molecule has 124 valence electrons. The lowest BCUT2D eigenvalue weighted by molar-refractivity contribution is -0.143. The molecular weight excluding hydrogens is 302 g/mol. The molecule has 1 saturated heterocycles. The van der Waals surface area contributed by atoms with E-state index in [2.05, 4.69) is 15.4 Å². The number of methoxy groups -OCH3 is 1. The average molecular weight is 321 g/mol. The first-order valence-electron chi connectivity index (χ1n) is 7.18. The fraction of sp³-hybridized carbons (Fsp3) is 0.400. The Morgan fingerprint density at radius 3 is 2.70 bits per heavy atom. The molecule has 0 saturated carbocycles. The predicted octanol–water partition coefficient (Wildman–Crippen LogP) is 0.480. The van der Waals surface area contributed by atoms with E-state index in [1.807, 2.05) is 30.3 Å². The molecule has 0 radical (unpaired) electrons. The van der Waals surface area contributed by atoms with Gasteiger partial charge in [-0.15, -0.1) is 0 Å². The van der Waals surface area contributed by atoms with Gasteiger partial charge >= 0.3 is 18.1 Å². The van der Waals surface area contributed by atoms with Gasteiger partial charge in [0.1, 0.15) is 12.6 Å². The number of hydrogen-bond donors (Lipinski definition) is 2. The van der Waals surface area contributed by atoms with Gasteiger partial charge in [-0.1, -0.05) is 30.3 Å². The third kappa shape index (κ3) is 4.87. The van der Waals surface area contributed by atoms with Crippen molar-refractivity contribution in [2.24, 2.45) is 0 Å². The van der Waals surface area contributed by atoms with Crippen molar-refractivity contribution in [1.82, 2.24) is 15.5 Å². The summed E-state index contributed by atoms with van der Waals surface area (Å²) in [7, 11) is 1.22. The SMILES string of the molecule is COC(=O)C(CN1CCNC1=O)NC(=O)OCc1ccccc1. The van der Waals surface area contributed by atoms with Crippen LogP contribution in [0.25, 0.3) is 0 Å². The molecule has 1 aliphatic rings. The van der Waals surface area contributed by atoms with Crippen LogP contribution in [0.1, 0.15) is 5.56 Å². The highest BCUT2D eigenvalue weighted by Crippen LogP contribution is 2.03. The topological polar surface area (TPSA) is 97.0 Å². The van der Waals surface area contributed by atoms with Gasteiger partial charge in [-0.2, -0.15) is 0 Å². The highest BCUT2D eigenvalue weighted by molar-refractivity contribution is 5.83. The Kier molecular flexibility index (Phi) is 5.79. The Morgan fingerprint density at radius 1 is 1.35 bits per heavy atom. The van der Waals surface area contributed by atoms with Gasteiger partial charge in [0.05, 0.1) is 13.7 Å². The van der Waals surface area contributed by atoms with Crippen molar-refractivity contribution in [3.05, 3.63) is 35.9 Å². The number of urea groups is 1. The Hall–Kier alpha value is -2.77. The van der Waals surface area contributed by atoms with Crippen molar-refractivity contribution in [2.75, 3.05) is 26.7 Å². The summed E-state index contributed by atoms with van der Waals surface area (Å²) in [5, 5.41) is 5.05. The fourth-order valence-corrected chi connectivity index (χ4v) is 2.13. The first kappa shape index (κ1) is 16.6. The molecule has 1 fully saturated rings. The van der Waals surface area contributed by atoms with Gasteiger partial charge in [0.2, 0.25) is 0 Å². The molecule has 1 aromatic carbocycles. The zero-order valence-corrected chi connectivity index (χ0v) is 12.8. The maximum absolute atomic E-state index is 11.8. The van der Waals surface area contributed by atoms with E-state index in [0.717, 1.165) is 5.56 Å². The average Bonchev–Trinajstić information content (AvgIpc) is 2.97. The second-order valence-corrected chi connectivity index (χ2v) is 4.96. The summed E-state index contributed by atoms with van der Waals surface area (Å²) in [4.78, 5) is 36.6. The third-order valence-corrected chi connectivity index (χ3v) is 3.34. The van der Waals surface area contributed by atoms with E-state index in [1.54, 1.807) is 0 Å². The van der Waals surface area contributed by atoms with Crippen molar-refractivity contribution in [3.63, 3.8) is 0 Å². The summed E-state index contributed by atoms with van der Waals surface area (Å²) in [6.07, 6.45) is -0.746. The summed E-state index contributed by atoms with van der Waals surface area (Å²) >= 11 is 0. The molecule has 1 aromatic rings. The molecule has 0 bridgehead atoms. The van der Waals surface area contributed by atoms with Crippen LogP contribution >= 0.6 is 0 Å². The Morgan fingerprint density at radius 2 is 2.09 bits per heavy atom. The molecule has 2 rings (SSSR count). The first-order chi connectivity index (χ1) is 11.1. The van der Waals surface area contributed by atoms with Gasteiger partial charge in [-0.25, -0.2) is 14.4 Å². The zero-order chi connectivity index (χ0) is 16.7. The molecule has 1 atom stereocenters. The van der Waals surface area contributed by atoms with Crippen molar-refractivity contribution in [3.8, 4) is 0 Å². The van der Waals surface area contributed by atoms with Crippen LogP contribution in [-0.4, -0.2) is 55.8 Å². The normalized spacial score (nSPS) is 14.8. The lowest BCUT2D eigenvalue weighted by atomic mass is 10.2. The molecule has 2 N–H and O–H groups in total. The van der Waals surface area contributed by atoms with Gasteiger partial charge in [-0.05, 0) is 5.56 Å². The molecule has 0 aromatic heterocycles. The quantitative estimate of drug-likeness (QED) is 0.743. The molecule has 8 heteroatoms. The van der Waals surface area contributed by atoms with Crippen LogP contribution in [0.2, 0.25) is 0 Å². The second kappa shape index (κ2) is 8.02. The van der Waals surface area contributed by atoms with Crippen LogP contribution in [0.15, 0.2) is 30.3 Å². The highest BCUT2D eigenvalue weighted by Gasteiger charge is 2.29. The van der Waals surface area contributed by atoms with Crippen LogP contribution in [0, 0.1) is 0 Å². The lowest BCUT2D eigenvalue weighted by Crippen LogP contribution is -2.49. The number of amides is 3. The summed E-state index contributed by atoms with van der Waals surface area (Å²) in [6, 6.07) is 7.90. The Balaban J connectivity index is 1.87. The smallest absolute Gasteiger partial charge is 0.408 e. The minimum absolute atomic E-state index is 0.0267. The summed E-state index contributed by atoms with van der Waals surface area (Å²) in [6.45, 7) is 1.09. The monoisotopic (exact) mass is 321 g/mol. The van der Waals surface area contributed by atoms with Gasteiger partial charge in [0, 0.05) is 13.1 Å². The molecule has 3 amide bonds. The number of carbonyl (C=O) groups excluding carboxylic acids is 3. The standard InChI is InChI=1S/C15H19N3O5/c1-22-13(19)12(9-18-8-7-16-14(18)20)17-15(21)23-10-11-5-3-2-4-6-11/h2-6,12H,7-10H2,1H3,(H,16,20)(H,17,21). The molecule has 1 unspecified atom stereocenters. The number of carbonyl (C=O) groups is 3. The van der Waals surface area contributed by atoms with Gasteiger partial charge in [-0.3, -0.25) is 0 Å². The van der Waals surface area contributed by atoms with Crippen LogP contribution in [0.5, 0.6) is 0 Å². The Bertz CT molecular complexity index is 563. The molecular formula is C15H19N3O5. The lowest BCUT2D eigenvalue weighted by Gasteiger charge is -2.21. The van der Waals surface area contributed by atoms with E-state index in [4.69, 9.17) is 4.74 Å². The number of nitrogens with zero attached hydrogens (tertiary/aromatic N) is 1. The molecule has 23 heavy (non-hydrogen) atoms. The first-order valence-corrected chi connectivity index (χ1v) is 7.18. The van der Waals surface area contributed by atoms with Crippen molar-refractivity contribution in [2.45, 2.75) is 12.6 Å². The number of ether oxygens (including phenoxy) is 2. The van der Waals surface area contributed by atoms with Crippen molar-refractivity contribution >= 4 is 18.1 Å². The minimum Gasteiger partial charge on any atom is -0.467 e. The van der Waals surface area contributed by atoms with Crippen molar-refractivity contribution < 1.29 is 23.9 Å². The number of esters is 1. The maximum Gasteiger partial charge on any atom is 0.408 e. The van der Waals surface area contributed by atoms with E-state index in [-0.39, 0.29) is 19.2 Å². The zero-order valence-electron chi connectivity index (χ0n) is 12.8. The third-order valence-electron chi connectivity index (χ3n) is 3.34. The second-order valence-electron chi connectivity index (χ2n) is 4.96. The summed E-state index contributed by atoms with van der Waals surface area (Å²) in [5.74, 6) is -0.638. The van der Waals surface area contributed by atoms with E-state index < -0.39 is 18.1 Å². The van der Waals surface area contributed by atoms with Gasteiger partial charge in [0.25, 0.3) is 0 Å². The highest BCUT2D eigenvalue weighted by atomic mass is 16.6. The molecule has 0 spiro atoms. The van der Waals surface area contributed by atoms with E-state index in [1.165, 1.54) is 12.0 Å².